The van der Waals surface area contributed by atoms with Gasteiger partial charge in [-0.05, 0) is 49.2 Å². The van der Waals surface area contributed by atoms with Crippen molar-refractivity contribution in [2.75, 3.05) is 18.4 Å². The van der Waals surface area contributed by atoms with Crippen LogP contribution < -0.4 is 10.1 Å². The Labute approximate surface area is 160 Å². The zero-order valence-electron chi connectivity index (χ0n) is 14.6. The molecule has 150 valence electrons. The number of anilines is 1. The lowest BCUT2D eigenvalue weighted by Crippen LogP contribution is -2.27. The van der Waals surface area contributed by atoms with Gasteiger partial charge < -0.3 is 10.1 Å². The molecule has 1 saturated heterocycles. The molecule has 0 radical (unpaired) electrons. The summed E-state index contributed by atoms with van der Waals surface area (Å²) in [5, 5.41) is 2.34. The molecule has 1 fully saturated rings. The molecular weight excluding hydrogens is 397 g/mol. The van der Waals surface area contributed by atoms with E-state index in [9.17, 15) is 26.4 Å². The molecule has 0 unspecified atom stereocenters. The lowest BCUT2D eigenvalue weighted by Gasteiger charge is -2.16. The van der Waals surface area contributed by atoms with Crippen LogP contribution in [0.25, 0.3) is 0 Å². The van der Waals surface area contributed by atoms with Crippen molar-refractivity contribution in [3.63, 3.8) is 0 Å². The standard InChI is InChI=1S/C18H17F3N2O4S/c19-18(20,21)27-16-6-2-1-5-15(16)22-17(24)13-7-9-14(10-8-13)28(25,26)23-11-3-4-12-23/h1-2,5-10H,3-4,11-12H2,(H,22,24). The summed E-state index contributed by atoms with van der Waals surface area (Å²) >= 11 is 0. The number of amides is 1. The molecule has 3 rings (SSSR count). The molecule has 0 saturated carbocycles. The summed E-state index contributed by atoms with van der Waals surface area (Å²) in [5.74, 6) is -1.24. The molecule has 1 aliphatic rings. The highest BCUT2D eigenvalue weighted by atomic mass is 32.2. The number of halogens is 3. The summed E-state index contributed by atoms with van der Waals surface area (Å²) in [5.41, 5.74) is -0.0548. The Bertz CT molecular complexity index is 954. The van der Waals surface area contributed by atoms with Gasteiger partial charge in [0.1, 0.15) is 0 Å². The van der Waals surface area contributed by atoms with Crippen LogP contribution in [0.4, 0.5) is 18.9 Å². The van der Waals surface area contributed by atoms with E-state index in [2.05, 4.69) is 10.1 Å². The maximum absolute atomic E-state index is 12.5. The van der Waals surface area contributed by atoms with Gasteiger partial charge in [0, 0.05) is 18.7 Å². The zero-order valence-corrected chi connectivity index (χ0v) is 15.4. The third-order valence-electron chi connectivity index (χ3n) is 4.18. The van der Waals surface area contributed by atoms with Gasteiger partial charge in [-0.25, -0.2) is 8.42 Å². The number of carbonyl (C=O) groups excluding carboxylic acids is 1. The minimum Gasteiger partial charge on any atom is -0.404 e. The second kappa shape index (κ2) is 7.80. The minimum atomic E-state index is -4.90. The van der Waals surface area contributed by atoms with Gasteiger partial charge >= 0.3 is 6.36 Å². The van der Waals surface area contributed by atoms with Crippen molar-refractivity contribution < 1.29 is 31.1 Å². The second-order valence-corrected chi connectivity index (χ2v) is 8.07. The highest BCUT2D eigenvalue weighted by Gasteiger charge is 2.32. The normalized spacial score (nSPS) is 15.4. The maximum atomic E-state index is 12.5. The third kappa shape index (κ3) is 4.63. The molecule has 10 heteroatoms. The monoisotopic (exact) mass is 414 g/mol. The quantitative estimate of drug-likeness (QED) is 0.811. The molecule has 1 amide bonds. The summed E-state index contributed by atoms with van der Waals surface area (Å²) in [4.78, 5) is 12.4. The number of hydrogen-bond acceptors (Lipinski definition) is 4. The third-order valence-corrected chi connectivity index (χ3v) is 6.09. The fraction of sp³-hybridized carbons (Fsp3) is 0.278. The smallest absolute Gasteiger partial charge is 0.404 e. The average Bonchev–Trinajstić information content (AvgIpc) is 3.18. The second-order valence-electron chi connectivity index (χ2n) is 6.13. The number of hydrogen-bond donors (Lipinski definition) is 1. The van der Waals surface area contributed by atoms with E-state index in [0.29, 0.717) is 13.1 Å². The Morgan fingerprint density at radius 2 is 1.61 bits per heavy atom. The van der Waals surface area contributed by atoms with Crippen molar-refractivity contribution in [2.24, 2.45) is 0 Å². The highest BCUT2D eigenvalue weighted by Crippen LogP contribution is 2.30. The van der Waals surface area contributed by atoms with E-state index in [4.69, 9.17) is 0 Å². The zero-order chi connectivity index (χ0) is 20.4. The van der Waals surface area contributed by atoms with Crippen molar-refractivity contribution in [3.8, 4) is 5.75 Å². The van der Waals surface area contributed by atoms with Crippen LogP contribution in [0.1, 0.15) is 23.2 Å². The van der Waals surface area contributed by atoms with E-state index in [1.165, 1.54) is 46.8 Å². The van der Waals surface area contributed by atoms with E-state index in [0.717, 1.165) is 18.9 Å². The van der Waals surface area contributed by atoms with E-state index in [1.807, 2.05) is 0 Å². The predicted octanol–water partition coefficient (Wildman–Crippen LogP) is 3.62. The van der Waals surface area contributed by atoms with Crippen LogP contribution in [-0.4, -0.2) is 38.1 Å². The van der Waals surface area contributed by atoms with Crippen molar-refractivity contribution in [1.29, 1.82) is 0 Å². The fourth-order valence-corrected chi connectivity index (χ4v) is 4.35. The first-order valence-corrected chi connectivity index (χ1v) is 9.87. The molecule has 0 bridgehead atoms. The van der Waals surface area contributed by atoms with E-state index < -0.39 is 28.0 Å². The van der Waals surface area contributed by atoms with Crippen LogP contribution in [0.2, 0.25) is 0 Å². The first kappa shape index (κ1) is 20.2. The Balaban J connectivity index is 1.76. The molecule has 0 aromatic heterocycles. The van der Waals surface area contributed by atoms with Gasteiger partial charge in [0.15, 0.2) is 5.75 Å². The molecule has 0 atom stereocenters. The van der Waals surface area contributed by atoms with Crippen LogP contribution in [0.15, 0.2) is 53.4 Å². The summed E-state index contributed by atoms with van der Waals surface area (Å²) in [6.07, 6.45) is -3.29. The van der Waals surface area contributed by atoms with Crippen molar-refractivity contribution in [2.45, 2.75) is 24.1 Å². The predicted molar refractivity (Wildman–Crippen MR) is 95.5 cm³/mol. The van der Waals surface area contributed by atoms with E-state index in [1.54, 1.807) is 0 Å². The van der Waals surface area contributed by atoms with Gasteiger partial charge in [-0.3, -0.25) is 4.79 Å². The number of benzene rings is 2. The van der Waals surface area contributed by atoms with Crippen LogP contribution in [-0.2, 0) is 10.0 Å². The molecular formula is C18H17F3N2O4S. The molecule has 0 spiro atoms. The molecule has 0 aliphatic carbocycles. The lowest BCUT2D eigenvalue weighted by atomic mass is 10.2. The Morgan fingerprint density at radius 3 is 2.21 bits per heavy atom. The number of rotatable bonds is 5. The van der Waals surface area contributed by atoms with E-state index >= 15 is 0 Å². The number of ether oxygens (including phenoxy) is 1. The summed E-state index contributed by atoms with van der Waals surface area (Å²) in [6, 6.07) is 10.4. The fourth-order valence-electron chi connectivity index (χ4n) is 2.83. The molecule has 1 aliphatic heterocycles. The van der Waals surface area contributed by atoms with Gasteiger partial charge in [0.2, 0.25) is 10.0 Å². The summed E-state index contributed by atoms with van der Waals surface area (Å²) in [6.45, 7) is 0.918. The SMILES string of the molecule is O=C(Nc1ccccc1OC(F)(F)F)c1ccc(S(=O)(=O)N2CCCC2)cc1. The number of carbonyl (C=O) groups is 1. The van der Waals surface area contributed by atoms with Crippen LogP contribution >= 0.6 is 0 Å². The lowest BCUT2D eigenvalue weighted by molar-refractivity contribution is -0.274. The number of alkyl halides is 3. The van der Waals surface area contributed by atoms with Crippen LogP contribution in [0.5, 0.6) is 5.75 Å². The molecule has 2 aromatic carbocycles. The molecule has 6 nitrogen and oxygen atoms in total. The molecule has 28 heavy (non-hydrogen) atoms. The Hall–Kier alpha value is -2.59. The summed E-state index contributed by atoms with van der Waals surface area (Å²) < 4.78 is 67.7. The molecule has 1 N–H and O–H groups in total. The van der Waals surface area contributed by atoms with Crippen molar-refractivity contribution >= 4 is 21.6 Å². The van der Waals surface area contributed by atoms with E-state index in [-0.39, 0.29) is 16.1 Å². The first-order valence-electron chi connectivity index (χ1n) is 8.43. The van der Waals surface area contributed by atoms with Crippen LogP contribution in [0.3, 0.4) is 0 Å². The summed E-state index contributed by atoms with van der Waals surface area (Å²) in [7, 11) is -3.61. The van der Waals surface area contributed by atoms with Crippen LogP contribution in [0, 0.1) is 0 Å². The van der Waals surface area contributed by atoms with Gasteiger partial charge in [-0.2, -0.15) is 4.31 Å². The maximum Gasteiger partial charge on any atom is 0.573 e. The topological polar surface area (TPSA) is 75.7 Å². The Morgan fingerprint density at radius 1 is 1.00 bits per heavy atom. The number of sulfonamides is 1. The largest absolute Gasteiger partial charge is 0.573 e. The minimum absolute atomic E-state index is 0.0618. The number of nitrogens with zero attached hydrogens (tertiary/aromatic N) is 1. The average molecular weight is 414 g/mol. The van der Waals surface area contributed by atoms with Crippen molar-refractivity contribution in [3.05, 3.63) is 54.1 Å². The molecule has 1 heterocycles. The van der Waals surface area contributed by atoms with Crippen molar-refractivity contribution in [1.82, 2.24) is 4.31 Å². The van der Waals surface area contributed by atoms with Gasteiger partial charge in [-0.15, -0.1) is 13.2 Å². The number of nitrogens with one attached hydrogen (secondary N) is 1. The highest BCUT2D eigenvalue weighted by molar-refractivity contribution is 7.89. The number of para-hydroxylation sites is 2. The van der Waals surface area contributed by atoms with Gasteiger partial charge in [0.25, 0.3) is 5.91 Å². The first-order chi connectivity index (χ1) is 13.2. The van der Waals surface area contributed by atoms with Gasteiger partial charge in [0.05, 0.1) is 10.6 Å². The molecule has 2 aromatic rings. The Kier molecular flexibility index (Phi) is 5.61. The van der Waals surface area contributed by atoms with Gasteiger partial charge in [-0.1, -0.05) is 12.1 Å².